The van der Waals surface area contributed by atoms with E-state index < -0.39 is 0 Å². The van der Waals surface area contributed by atoms with E-state index in [9.17, 15) is 4.79 Å². The Morgan fingerprint density at radius 2 is 1.62 bits per heavy atom. The number of benzene rings is 3. The molecule has 1 amide bonds. The van der Waals surface area contributed by atoms with Crippen LogP contribution in [0.25, 0.3) is 10.8 Å². The van der Waals surface area contributed by atoms with Gasteiger partial charge in [-0.2, -0.15) is 0 Å². The Bertz CT molecular complexity index is 943. The molecule has 0 aliphatic rings. The second kappa shape index (κ2) is 9.94. The number of likely N-dealkylation sites (N-methyl/N-ethyl adjacent to an activating group) is 2. The van der Waals surface area contributed by atoms with Crippen molar-refractivity contribution < 1.29 is 14.3 Å². The Balaban J connectivity index is 1.48. The largest absolute Gasteiger partial charge is 0.497 e. The van der Waals surface area contributed by atoms with E-state index >= 15 is 0 Å². The average Bonchev–Trinajstić information content (AvgIpc) is 2.74. The predicted molar refractivity (Wildman–Crippen MR) is 116 cm³/mol. The van der Waals surface area contributed by atoms with E-state index in [0.29, 0.717) is 26.2 Å². The van der Waals surface area contributed by atoms with E-state index in [4.69, 9.17) is 9.47 Å². The van der Waals surface area contributed by atoms with Crippen molar-refractivity contribution in [3.63, 3.8) is 0 Å². The van der Waals surface area contributed by atoms with Crippen molar-refractivity contribution in [2.75, 3.05) is 40.9 Å². The number of carbonyl (C=O) groups excluding carboxylic acids is 1. The highest BCUT2D eigenvalue weighted by Gasteiger charge is 2.12. The van der Waals surface area contributed by atoms with Gasteiger partial charge in [-0.25, -0.2) is 0 Å². The van der Waals surface area contributed by atoms with E-state index in [1.165, 1.54) is 0 Å². The second-order valence-corrected chi connectivity index (χ2v) is 7.20. The molecule has 0 fully saturated rings. The maximum atomic E-state index is 12.6. The summed E-state index contributed by atoms with van der Waals surface area (Å²) >= 11 is 0. The minimum absolute atomic E-state index is 0.0852. The first-order valence-corrected chi connectivity index (χ1v) is 9.72. The van der Waals surface area contributed by atoms with Gasteiger partial charge in [-0.1, -0.05) is 36.4 Å². The summed E-state index contributed by atoms with van der Waals surface area (Å²) in [4.78, 5) is 16.3. The molecule has 0 saturated carbocycles. The minimum atomic E-state index is 0.0852. The molecule has 152 valence electrons. The molecule has 0 atom stereocenters. The summed E-state index contributed by atoms with van der Waals surface area (Å²) in [7, 11) is 5.44. The SMILES string of the molecule is COc1ccc2cc(CN(C)C(=O)CN(C)CCOc3ccccc3)ccc2c1. The van der Waals surface area contributed by atoms with Crippen LogP contribution in [0.5, 0.6) is 11.5 Å². The smallest absolute Gasteiger partial charge is 0.236 e. The van der Waals surface area contributed by atoms with Crippen LogP contribution in [0.3, 0.4) is 0 Å². The molecule has 0 heterocycles. The molecule has 0 N–H and O–H groups in total. The van der Waals surface area contributed by atoms with Crippen molar-refractivity contribution >= 4 is 16.7 Å². The van der Waals surface area contributed by atoms with E-state index in [1.807, 2.05) is 67.5 Å². The van der Waals surface area contributed by atoms with Crippen LogP contribution >= 0.6 is 0 Å². The quantitative estimate of drug-likeness (QED) is 0.555. The van der Waals surface area contributed by atoms with Crippen molar-refractivity contribution in [2.45, 2.75) is 6.54 Å². The number of fused-ring (bicyclic) bond motifs is 1. The van der Waals surface area contributed by atoms with Crippen LogP contribution in [0, 0.1) is 0 Å². The normalized spacial score (nSPS) is 10.9. The second-order valence-electron chi connectivity index (χ2n) is 7.20. The summed E-state index contributed by atoms with van der Waals surface area (Å²) < 4.78 is 11.0. The number of nitrogens with zero attached hydrogens (tertiary/aromatic N) is 2. The zero-order valence-electron chi connectivity index (χ0n) is 17.3. The first kappa shape index (κ1) is 20.7. The van der Waals surface area contributed by atoms with Gasteiger partial charge in [0.2, 0.25) is 5.91 Å². The first-order chi connectivity index (χ1) is 14.0. The number of carbonyl (C=O) groups is 1. The molecule has 0 radical (unpaired) electrons. The molecule has 0 spiro atoms. The third kappa shape index (κ3) is 5.96. The Kier molecular flexibility index (Phi) is 7.09. The number of hydrogen-bond acceptors (Lipinski definition) is 4. The highest BCUT2D eigenvalue weighted by Crippen LogP contribution is 2.22. The van der Waals surface area contributed by atoms with Gasteiger partial charge in [0.05, 0.1) is 13.7 Å². The molecule has 3 aromatic rings. The predicted octanol–water partition coefficient (Wildman–Crippen LogP) is 3.82. The van der Waals surface area contributed by atoms with Crippen molar-refractivity contribution in [3.05, 3.63) is 72.3 Å². The zero-order chi connectivity index (χ0) is 20.6. The maximum absolute atomic E-state index is 12.6. The van der Waals surface area contributed by atoms with Gasteiger partial charge in [-0.3, -0.25) is 9.69 Å². The fourth-order valence-electron chi connectivity index (χ4n) is 3.13. The van der Waals surface area contributed by atoms with Gasteiger partial charge in [0.1, 0.15) is 18.1 Å². The minimum Gasteiger partial charge on any atom is -0.497 e. The van der Waals surface area contributed by atoms with Gasteiger partial charge in [-0.15, -0.1) is 0 Å². The topological polar surface area (TPSA) is 42.0 Å². The lowest BCUT2D eigenvalue weighted by atomic mass is 10.1. The van der Waals surface area contributed by atoms with E-state index in [2.05, 4.69) is 18.2 Å². The summed E-state index contributed by atoms with van der Waals surface area (Å²) in [5, 5.41) is 2.26. The molecule has 3 aromatic carbocycles. The van der Waals surface area contributed by atoms with Gasteiger partial charge in [0.15, 0.2) is 0 Å². The zero-order valence-corrected chi connectivity index (χ0v) is 17.3. The summed E-state index contributed by atoms with van der Waals surface area (Å²) in [5.74, 6) is 1.78. The number of hydrogen-bond donors (Lipinski definition) is 0. The summed E-state index contributed by atoms with van der Waals surface area (Å²) in [6.45, 7) is 2.17. The molecule has 0 aromatic heterocycles. The molecule has 0 saturated heterocycles. The fraction of sp³-hybridized carbons (Fsp3) is 0.292. The van der Waals surface area contributed by atoms with Gasteiger partial charge < -0.3 is 14.4 Å². The third-order valence-corrected chi connectivity index (χ3v) is 4.85. The lowest BCUT2D eigenvalue weighted by molar-refractivity contribution is -0.131. The first-order valence-electron chi connectivity index (χ1n) is 9.72. The lowest BCUT2D eigenvalue weighted by Gasteiger charge is -2.22. The molecular formula is C24H28N2O3. The highest BCUT2D eigenvalue weighted by atomic mass is 16.5. The fourth-order valence-corrected chi connectivity index (χ4v) is 3.13. The van der Waals surface area contributed by atoms with E-state index in [1.54, 1.807) is 12.0 Å². The Hall–Kier alpha value is -3.05. The number of ether oxygens (including phenoxy) is 2. The van der Waals surface area contributed by atoms with Crippen LogP contribution in [0.15, 0.2) is 66.7 Å². The molecule has 3 rings (SSSR count). The Morgan fingerprint density at radius 1 is 0.897 bits per heavy atom. The van der Waals surface area contributed by atoms with Crippen LogP contribution in [-0.2, 0) is 11.3 Å². The molecule has 0 bridgehead atoms. The monoisotopic (exact) mass is 392 g/mol. The van der Waals surface area contributed by atoms with E-state index in [0.717, 1.165) is 27.8 Å². The van der Waals surface area contributed by atoms with Crippen LogP contribution in [0.1, 0.15) is 5.56 Å². The number of amides is 1. The molecule has 0 aliphatic heterocycles. The average molecular weight is 392 g/mol. The summed E-state index contributed by atoms with van der Waals surface area (Å²) in [5.41, 5.74) is 1.11. The van der Waals surface area contributed by atoms with Crippen molar-refractivity contribution in [3.8, 4) is 11.5 Å². The molecule has 0 aliphatic carbocycles. The number of rotatable bonds is 9. The van der Waals surface area contributed by atoms with Crippen LogP contribution in [-0.4, -0.2) is 56.6 Å². The Labute approximate surface area is 172 Å². The lowest BCUT2D eigenvalue weighted by Crippen LogP contribution is -2.37. The number of methoxy groups -OCH3 is 1. The molecule has 5 heteroatoms. The van der Waals surface area contributed by atoms with E-state index in [-0.39, 0.29) is 5.91 Å². The van der Waals surface area contributed by atoms with Gasteiger partial charge in [0.25, 0.3) is 0 Å². The number of para-hydroxylation sites is 1. The van der Waals surface area contributed by atoms with Gasteiger partial charge in [-0.05, 0) is 53.7 Å². The molecule has 0 unspecified atom stereocenters. The maximum Gasteiger partial charge on any atom is 0.236 e. The van der Waals surface area contributed by atoms with Crippen LogP contribution < -0.4 is 9.47 Å². The Morgan fingerprint density at radius 3 is 2.38 bits per heavy atom. The van der Waals surface area contributed by atoms with Crippen LogP contribution in [0.2, 0.25) is 0 Å². The third-order valence-electron chi connectivity index (χ3n) is 4.85. The van der Waals surface area contributed by atoms with Gasteiger partial charge >= 0.3 is 0 Å². The van der Waals surface area contributed by atoms with Crippen LogP contribution in [0.4, 0.5) is 0 Å². The molecular weight excluding hydrogens is 364 g/mol. The molecule has 5 nitrogen and oxygen atoms in total. The van der Waals surface area contributed by atoms with Crippen molar-refractivity contribution in [1.29, 1.82) is 0 Å². The summed E-state index contributed by atoms with van der Waals surface area (Å²) in [6.07, 6.45) is 0. The van der Waals surface area contributed by atoms with Gasteiger partial charge in [0, 0.05) is 20.1 Å². The molecule has 29 heavy (non-hydrogen) atoms. The summed E-state index contributed by atoms with van der Waals surface area (Å²) in [6, 6.07) is 22.0. The van der Waals surface area contributed by atoms with Crippen molar-refractivity contribution in [1.82, 2.24) is 9.80 Å². The van der Waals surface area contributed by atoms with Crippen molar-refractivity contribution in [2.24, 2.45) is 0 Å². The highest BCUT2D eigenvalue weighted by molar-refractivity contribution is 5.84. The standard InChI is InChI=1S/C24H28N2O3/c1-25(13-14-29-22-7-5-4-6-8-22)18-24(27)26(2)17-19-9-10-21-16-23(28-3)12-11-20(21)15-19/h4-12,15-16H,13-14,17-18H2,1-3H3.